The van der Waals surface area contributed by atoms with Crippen LogP contribution in [0.3, 0.4) is 0 Å². The van der Waals surface area contributed by atoms with Crippen molar-refractivity contribution in [3.05, 3.63) is 11.9 Å². The molecule has 1 N–H and O–H groups in total. The van der Waals surface area contributed by atoms with Crippen LogP contribution in [0.4, 0.5) is 0 Å². The molecule has 0 aliphatic heterocycles. The molecule has 114 valence electrons. The fourth-order valence-electron chi connectivity index (χ4n) is 3.49. The third kappa shape index (κ3) is 3.00. The molecular weight excluding hydrogens is 250 g/mol. The van der Waals surface area contributed by atoms with Crippen molar-refractivity contribution in [2.75, 3.05) is 13.7 Å². The molecule has 2 unspecified atom stereocenters. The summed E-state index contributed by atoms with van der Waals surface area (Å²) in [5.74, 6) is 0.956. The van der Waals surface area contributed by atoms with Gasteiger partial charge in [0, 0.05) is 18.0 Å². The molecule has 1 aliphatic rings. The van der Waals surface area contributed by atoms with E-state index in [1.54, 1.807) is 7.11 Å². The Balaban J connectivity index is 2.19. The Hall–Kier alpha value is -1.03. The molecule has 2 atom stereocenters. The zero-order valence-corrected chi connectivity index (χ0v) is 13.4. The Morgan fingerprint density at radius 3 is 2.90 bits per heavy atom. The Morgan fingerprint density at radius 1 is 1.45 bits per heavy atom. The van der Waals surface area contributed by atoms with E-state index in [9.17, 15) is 0 Å². The van der Waals surface area contributed by atoms with E-state index in [-0.39, 0.29) is 5.41 Å². The molecule has 0 bridgehead atoms. The van der Waals surface area contributed by atoms with Crippen LogP contribution in [0.15, 0.2) is 6.20 Å². The number of nitrogens with zero attached hydrogens (tertiary/aromatic N) is 2. The summed E-state index contributed by atoms with van der Waals surface area (Å²) >= 11 is 0. The van der Waals surface area contributed by atoms with Gasteiger partial charge in [-0.2, -0.15) is 5.10 Å². The smallest absolute Gasteiger partial charge is 0.160 e. The highest BCUT2D eigenvalue weighted by Gasteiger charge is 2.40. The predicted octanol–water partition coefficient (Wildman–Crippen LogP) is 3.11. The lowest BCUT2D eigenvalue weighted by Gasteiger charge is -2.26. The summed E-state index contributed by atoms with van der Waals surface area (Å²) < 4.78 is 7.72. The second-order valence-corrected chi connectivity index (χ2v) is 6.24. The van der Waals surface area contributed by atoms with Gasteiger partial charge in [-0.1, -0.05) is 20.8 Å². The van der Waals surface area contributed by atoms with Crippen molar-refractivity contribution in [3.63, 3.8) is 0 Å². The summed E-state index contributed by atoms with van der Waals surface area (Å²) in [6.45, 7) is 8.88. The van der Waals surface area contributed by atoms with E-state index in [0.29, 0.717) is 6.04 Å². The van der Waals surface area contributed by atoms with Crippen molar-refractivity contribution in [3.8, 4) is 5.75 Å². The zero-order valence-electron chi connectivity index (χ0n) is 13.4. The lowest BCUT2D eigenvalue weighted by atomic mass is 9.84. The molecule has 1 aliphatic carbocycles. The Bertz CT molecular complexity index is 429. The van der Waals surface area contributed by atoms with Gasteiger partial charge in [-0.15, -0.1) is 0 Å². The van der Waals surface area contributed by atoms with Gasteiger partial charge in [0.1, 0.15) is 0 Å². The van der Waals surface area contributed by atoms with Crippen LogP contribution in [0.1, 0.15) is 58.6 Å². The number of rotatable bonds is 7. The molecule has 4 heteroatoms. The minimum absolute atomic E-state index is 0.183. The molecule has 1 heterocycles. The van der Waals surface area contributed by atoms with Gasteiger partial charge in [0.25, 0.3) is 0 Å². The minimum atomic E-state index is 0.183. The third-order valence-corrected chi connectivity index (χ3v) is 4.46. The summed E-state index contributed by atoms with van der Waals surface area (Å²) in [6, 6.07) is 0.634. The molecule has 1 aromatic rings. The van der Waals surface area contributed by atoms with E-state index < -0.39 is 0 Å². The molecular formula is C16H29N3O. The van der Waals surface area contributed by atoms with Crippen molar-refractivity contribution < 1.29 is 4.74 Å². The molecule has 0 saturated heterocycles. The van der Waals surface area contributed by atoms with Crippen LogP contribution in [0.25, 0.3) is 0 Å². The first-order chi connectivity index (χ1) is 9.64. The molecule has 1 fully saturated rings. The summed E-state index contributed by atoms with van der Waals surface area (Å²) in [7, 11) is 1.75. The second-order valence-electron chi connectivity index (χ2n) is 6.24. The van der Waals surface area contributed by atoms with Gasteiger partial charge in [0.05, 0.1) is 19.0 Å². The van der Waals surface area contributed by atoms with Gasteiger partial charge in [0.2, 0.25) is 0 Å². The molecule has 0 amide bonds. The number of aromatic nitrogens is 2. The van der Waals surface area contributed by atoms with E-state index in [0.717, 1.165) is 25.3 Å². The van der Waals surface area contributed by atoms with Gasteiger partial charge < -0.3 is 10.1 Å². The summed E-state index contributed by atoms with van der Waals surface area (Å²) in [5.41, 5.74) is 1.48. The molecule has 1 aromatic heterocycles. The normalized spacial score (nSPS) is 26.1. The Morgan fingerprint density at radius 2 is 2.25 bits per heavy atom. The van der Waals surface area contributed by atoms with Crippen LogP contribution in [0.5, 0.6) is 5.75 Å². The first kappa shape index (κ1) is 15.4. The number of ether oxygens (including phenoxy) is 1. The molecule has 2 rings (SSSR count). The average Bonchev–Trinajstić information content (AvgIpc) is 3.01. The molecule has 4 nitrogen and oxygen atoms in total. The van der Waals surface area contributed by atoms with Gasteiger partial charge in [-0.3, -0.25) is 4.68 Å². The maximum atomic E-state index is 5.56. The van der Waals surface area contributed by atoms with Crippen LogP contribution in [0, 0.1) is 0 Å². The maximum absolute atomic E-state index is 5.56. The first-order valence-electron chi connectivity index (χ1n) is 7.98. The Labute approximate surface area is 122 Å². The van der Waals surface area contributed by atoms with E-state index in [1.807, 2.05) is 6.20 Å². The third-order valence-electron chi connectivity index (χ3n) is 4.46. The van der Waals surface area contributed by atoms with Crippen molar-refractivity contribution in [2.45, 2.75) is 70.9 Å². The lowest BCUT2D eigenvalue weighted by molar-refractivity contribution is 0.362. The first-order valence-corrected chi connectivity index (χ1v) is 7.98. The predicted molar refractivity (Wildman–Crippen MR) is 82.4 cm³/mol. The van der Waals surface area contributed by atoms with Crippen molar-refractivity contribution in [1.82, 2.24) is 15.1 Å². The highest BCUT2D eigenvalue weighted by atomic mass is 16.5. The molecule has 1 saturated carbocycles. The average molecular weight is 279 g/mol. The van der Waals surface area contributed by atoms with Gasteiger partial charge in [-0.05, 0) is 38.6 Å². The van der Waals surface area contributed by atoms with Gasteiger partial charge in [0.15, 0.2) is 5.75 Å². The van der Waals surface area contributed by atoms with Crippen molar-refractivity contribution in [1.29, 1.82) is 0 Å². The highest BCUT2D eigenvalue weighted by molar-refractivity contribution is 5.34. The summed E-state index contributed by atoms with van der Waals surface area (Å²) in [4.78, 5) is 0. The maximum Gasteiger partial charge on any atom is 0.160 e. The van der Waals surface area contributed by atoms with Crippen LogP contribution in [-0.2, 0) is 12.0 Å². The lowest BCUT2D eigenvalue weighted by Crippen LogP contribution is -2.30. The number of hydrogen-bond donors (Lipinski definition) is 1. The molecule has 0 radical (unpaired) electrons. The molecule has 0 spiro atoms. The van der Waals surface area contributed by atoms with Gasteiger partial charge in [-0.25, -0.2) is 0 Å². The van der Waals surface area contributed by atoms with Crippen LogP contribution < -0.4 is 10.1 Å². The zero-order chi connectivity index (χ0) is 14.6. The molecule has 0 aromatic carbocycles. The molecule has 20 heavy (non-hydrogen) atoms. The minimum Gasteiger partial charge on any atom is -0.493 e. The van der Waals surface area contributed by atoms with E-state index in [4.69, 9.17) is 4.74 Å². The quantitative estimate of drug-likeness (QED) is 0.833. The van der Waals surface area contributed by atoms with Gasteiger partial charge >= 0.3 is 0 Å². The van der Waals surface area contributed by atoms with Crippen LogP contribution in [0.2, 0.25) is 0 Å². The fourth-order valence-corrected chi connectivity index (χ4v) is 3.49. The largest absolute Gasteiger partial charge is 0.493 e. The number of methoxy groups -OCH3 is 1. The number of nitrogens with one attached hydrogen (secondary N) is 1. The highest BCUT2D eigenvalue weighted by Crippen LogP contribution is 2.44. The summed E-state index contributed by atoms with van der Waals surface area (Å²) in [6.07, 6.45) is 7.81. The van der Waals surface area contributed by atoms with E-state index in [2.05, 4.69) is 35.9 Å². The standard InChI is InChI=1S/C16H29N3O/c1-5-9-17-13-7-8-16(3,11-13)15-14(20-4)12-18-19(15)10-6-2/h12-13,17H,5-11H2,1-4H3. The number of hydrogen-bond acceptors (Lipinski definition) is 3. The Kier molecular flexibility index (Phi) is 5.08. The van der Waals surface area contributed by atoms with E-state index in [1.165, 1.54) is 31.4 Å². The second kappa shape index (κ2) is 6.61. The van der Waals surface area contributed by atoms with Crippen molar-refractivity contribution in [2.24, 2.45) is 0 Å². The van der Waals surface area contributed by atoms with Crippen LogP contribution in [-0.4, -0.2) is 29.5 Å². The summed E-state index contributed by atoms with van der Waals surface area (Å²) in [5, 5.41) is 8.19. The number of aryl methyl sites for hydroxylation is 1. The topological polar surface area (TPSA) is 39.1 Å². The van der Waals surface area contributed by atoms with Crippen molar-refractivity contribution >= 4 is 0 Å². The van der Waals surface area contributed by atoms with E-state index >= 15 is 0 Å². The van der Waals surface area contributed by atoms with Crippen LogP contribution >= 0.6 is 0 Å². The monoisotopic (exact) mass is 279 g/mol. The fraction of sp³-hybridized carbons (Fsp3) is 0.812. The SMILES string of the molecule is CCCNC1CCC(C)(c2c(OC)cnn2CCC)C1.